The summed E-state index contributed by atoms with van der Waals surface area (Å²) < 4.78 is 22.7. The number of rotatable bonds is 8. The van der Waals surface area contributed by atoms with E-state index in [1.54, 1.807) is 13.8 Å². The van der Waals surface area contributed by atoms with Crippen molar-refractivity contribution in [1.82, 2.24) is 4.98 Å². The average Bonchev–Trinajstić information content (AvgIpc) is 2.99. The second-order valence-corrected chi connectivity index (χ2v) is 6.54. The number of methoxy groups -OCH3 is 1. The van der Waals surface area contributed by atoms with Crippen LogP contribution in [0.25, 0.3) is 0 Å². The van der Waals surface area contributed by atoms with Crippen molar-refractivity contribution in [3.05, 3.63) is 58.2 Å². The largest absolute Gasteiger partial charge is 0.465 e. The van der Waals surface area contributed by atoms with Crippen LogP contribution in [0.15, 0.2) is 24.3 Å². The molecule has 0 unspecified atom stereocenters. The number of carbonyl (C=O) groups is 4. The summed E-state index contributed by atoms with van der Waals surface area (Å²) in [5.74, 6) is -2.58. The number of H-pyrrole nitrogens is 1. The normalized spacial score (nSPS) is 11.6. The summed E-state index contributed by atoms with van der Waals surface area (Å²) in [4.78, 5) is 51.3. The third-order valence-corrected chi connectivity index (χ3v) is 4.47. The molecular formula is C21H22FNO6. The van der Waals surface area contributed by atoms with Gasteiger partial charge in [-0.15, -0.1) is 0 Å². The number of hydrogen-bond donors (Lipinski definition) is 1. The van der Waals surface area contributed by atoms with Gasteiger partial charge in [-0.1, -0.05) is 0 Å². The van der Waals surface area contributed by atoms with Gasteiger partial charge in [0.05, 0.1) is 24.8 Å². The fraction of sp³-hybridized carbons (Fsp3) is 0.333. The molecule has 0 aliphatic heterocycles. The van der Waals surface area contributed by atoms with Crippen molar-refractivity contribution in [2.45, 2.75) is 39.7 Å². The Morgan fingerprint density at radius 2 is 1.69 bits per heavy atom. The fourth-order valence-electron chi connectivity index (χ4n) is 2.91. The lowest BCUT2D eigenvalue weighted by Gasteiger charge is -2.12. The number of benzene rings is 1. The fourth-order valence-corrected chi connectivity index (χ4v) is 2.91. The molecule has 0 amide bonds. The van der Waals surface area contributed by atoms with Crippen molar-refractivity contribution < 1.29 is 33.0 Å². The van der Waals surface area contributed by atoms with E-state index in [4.69, 9.17) is 9.47 Å². The van der Waals surface area contributed by atoms with E-state index in [0.29, 0.717) is 11.3 Å². The summed E-state index contributed by atoms with van der Waals surface area (Å²) in [7, 11) is 1.24. The number of halogens is 1. The molecule has 29 heavy (non-hydrogen) atoms. The first-order valence-electron chi connectivity index (χ1n) is 8.95. The molecule has 1 aromatic heterocycles. The van der Waals surface area contributed by atoms with Gasteiger partial charge in [0.2, 0.25) is 5.78 Å². The molecule has 0 radical (unpaired) electrons. The standard InChI is InChI=1S/C21H22FNO6/c1-11-18(21(27)28-4)12(2)23-19(11)20(26)13(3)29-17(25)10-9-16(24)14-5-7-15(22)8-6-14/h5-8,13,23H,9-10H2,1-4H3/t13-/m0/s1. The lowest BCUT2D eigenvalue weighted by atomic mass is 10.1. The molecule has 1 N–H and O–H groups in total. The maximum Gasteiger partial charge on any atom is 0.339 e. The smallest absolute Gasteiger partial charge is 0.339 e. The summed E-state index contributed by atoms with van der Waals surface area (Å²) in [6, 6.07) is 5.00. The Morgan fingerprint density at radius 1 is 1.07 bits per heavy atom. The highest BCUT2D eigenvalue weighted by atomic mass is 19.1. The number of esters is 2. The van der Waals surface area contributed by atoms with E-state index in [1.165, 1.54) is 26.2 Å². The van der Waals surface area contributed by atoms with E-state index in [1.807, 2.05) is 0 Å². The Labute approximate surface area is 167 Å². The van der Waals surface area contributed by atoms with Crippen LogP contribution in [0.2, 0.25) is 0 Å². The number of ether oxygens (including phenoxy) is 2. The third-order valence-electron chi connectivity index (χ3n) is 4.47. The first-order chi connectivity index (χ1) is 13.6. The van der Waals surface area contributed by atoms with Gasteiger partial charge < -0.3 is 14.5 Å². The summed E-state index contributed by atoms with van der Waals surface area (Å²) in [6.07, 6.45) is -1.45. The van der Waals surface area contributed by atoms with E-state index >= 15 is 0 Å². The molecule has 8 heteroatoms. The number of Topliss-reactive ketones (excluding diaryl/α,β-unsaturated/α-hetero) is 2. The Bertz CT molecular complexity index is 945. The molecule has 1 atom stereocenters. The van der Waals surface area contributed by atoms with Crippen LogP contribution < -0.4 is 0 Å². The number of aryl methyl sites for hydroxylation is 1. The first kappa shape index (κ1) is 22.0. The van der Waals surface area contributed by atoms with Crippen LogP contribution in [0.4, 0.5) is 4.39 Å². The van der Waals surface area contributed by atoms with Gasteiger partial charge in [0, 0.05) is 17.7 Å². The number of ketones is 2. The van der Waals surface area contributed by atoms with Crippen molar-refractivity contribution in [3.63, 3.8) is 0 Å². The van der Waals surface area contributed by atoms with Gasteiger partial charge in [0.25, 0.3) is 0 Å². The molecule has 154 valence electrons. The lowest BCUT2D eigenvalue weighted by molar-refractivity contribution is -0.146. The van der Waals surface area contributed by atoms with Crippen LogP contribution in [-0.2, 0) is 14.3 Å². The van der Waals surface area contributed by atoms with E-state index in [2.05, 4.69) is 4.98 Å². The van der Waals surface area contributed by atoms with Crippen molar-refractivity contribution in [2.75, 3.05) is 7.11 Å². The molecule has 0 spiro atoms. The molecule has 7 nitrogen and oxygen atoms in total. The van der Waals surface area contributed by atoms with E-state index in [-0.39, 0.29) is 35.4 Å². The molecule has 0 aliphatic carbocycles. The highest BCUT2D eigenvalue weighted by Gasteiger charge is 2.27. The van der Waals surface area contributed by atoms with Crippen LogP contribution in [0.3, 0.4) is 0 Å². The first-order valence-corrected chi connectivity index (χ1v) is 8.95. The van der Waals surface area contributed by atoms with Crippen molar-refractivity contribution in [3.8, 4) is 0 Å². The maximum absolute atomic E-state index is 12.9. The minimum Gasteiger partial charge on any atom is -0.465 e. The van der Waals surface area contributed by atoms with E-state index in [9.17, 15) is 23.6 Å². The van der Waals surface area contributed by atoms with Gasteiger partial charge in [-0.25, -0.2) is 9.18 Å². The topological polar surface area (TPSA) is 103 Å². The summed E-state index contributed by atoms with van der Waals surface area (Å²) >= 11 is 0. The molecule has 2 rings (SSSR count). The lowest BCUT2D eigenvalue weighted by Crippen LogP contribution is -2.25. The quantitative estimate of drug-likeness (QED) is 0.536. The Kier molecular flexibility index (Phi) is 7.03. The van der Waals surface area contributed by atoms with Crippen LogP contribution in [0.5, 0.6) is 0 Å². The SMILES string of the molecule is COC(=O)c1c(C)[nH]c(C(=O)[C@H](C)OC(=O)CCC(=O)c2ccc(F)cc2)c1C. The van der Waals surface area contributed by atoms with Crippen LogP contribution >= 0.6 is 0 Å². The predicted molar refractivity (Wildman–Crippen MR) is 101 cm³/mol. The zero-order valence-electron chi connectivity index (χ0n) is 16.6. The average molecular weight is 403 g/mol. The van der Waals surface area contributed by atoms with E-state index in [0.717, 1.165) is 12.1 Å². The zero-order chi connectivity index (χ0) is 21.7. The van der Waals surface area contributed by atoms with Crippen LogP contribution in [0.1, 0.15) is 62.2 Å². The van der Waals surface area contributed by atoms with Gasteiger partial charge in [-0.3, -0.25) is 14.4 Å². The van der Waals surface area contributed by atoms with Gasteiger partial charge in [-0.05, 0) is 50.6 Å². The molecular weight excluding hydrogens is 381 g/mol. The molecule has 1 heterocycles. The maximum atomic E-state index is 12.9. The van der Waals surface area contributed by atoms with Crippen molar-refractivity contribution in [1.29, 1.82) is 0 Å². The molecule has 2 aromatic rings. The molecule has 0 saturated heterocycles. The predicted octanol–water partition coefficient (Wildman–Crippen LogP) is 3.33. The zero-order valence-corrected chi connectivity index (χ0v) is 16.6. The highest BCUT2D eigenvalue weighted by molar-refractivity contribution is 6.04. The Balaban J connectivity index is 1.97. The minimum absolute atomic E-state index is 0.126. The molecule has 0 aliphatic rings. The molecule has 0 saturated carbocycles. The van der Waals surface area contributed by atoms with Crippen LogP contribution in [0, 0.1) is 19.7 Å². The number of nitrogens with one attached hydrogen (secondary N) is 1. The van der Waals surface area contributed by atoms with Crippen LogP contribution in [-0.4, -0.2) is 41.7 Å². The third kappa shape index (κ3) is 5.16. The summed E-state index contributed by atoms with van der Waals surface area (Å²) in [5.41, 5.74) is 1.59. The Morgan fingerprint density at radius 3 is 2.28 bits per heavy atom. The number of hydrogen-bond acceptors (Lipinski definition) is 6. The molecule has 0 bridgehead atoms. The monoisotopic (exact) mass is 403 g/mol. The van der Waals surface area contributed by atoms with Gasteiger partial charge in [-0.2, -0.15) is 0 Å². The van der Waals surface area contributed by atoms with Gasteiger partial charge in [0.15, 0.2) is 11.9 Å². The minimum atomic E-state index is -1.11. The number of aromatic nitrogens is 1. The van der Waals surface area contributed by atoms with Crippen molar-refractivity contribution in [2.24, 2.45) is 0 Å². The van der Waals surface area contributed by atoms with Crippen molar-refractivity contribution >= 4 is 23.5 Å². The summed E-state index contributed by atoms with van der Waals surface area (Å²) in [5, 5.41) is 0. The highest BCUT2D eigenvalue weighted by Crippen LogP contribution is 2.21. The Hall–Kier alpha value is -3.29. The second kappa shape index (κ2) is 9.27. The molecule has 1 aromatic carbocycles. The number of carbonyl (C=O) groups excluding carboxylic acids is 4. The molecule has 0 fully saturated rings. The second-order valence-electron chi connectivity index (χ2n) is 6.54. The number of aromatic amines is 1. The van der Waals surface area contributed by atoms with E-state index < -0.39 is 29.6 Å². The van der Waals surface area contributed by atoms with Gasteiger partial charge >= 0.3 is 11.9 Å². The van der Waals surface area contributed by atoms with Gasteiger partial charge in [0.1, 0.15) is 5.82 Å². The summed E-state index contributed by atoms with van der Waals surface area (Å²) in [6.45, 7) is 4.64.